The first-order valence-corrected chi connectivity index (χ1v) is 7.95. The number of hydrogen-bond donors (Lipinski definition) is 3. The van der Waals surface area contributed by atoms with Crippen LogP contribution in [-0.2, 0) is 10.4 Å². The smallest absolute Gasteiger partial charge is 0.251 e. The van der Waals surface area contributed by atoms with Crippen molar-refractivity contribution < 1.29 is 23.5 Å². The van der Waals surface area contributed by atoms with Gasteiger partial charge in [0.15, 0.2) is 0 Å². The van der Waals surface area contributed by atoms with Crippen LogP contribution < -0.4 is 10.6 Å². The second-order valence-corrected chi connectivity index (χ2v) is 5.89. The molecule has 1 atom stereocenters. The van der Waals surface area contributed by atoms with E-state index in [0.717, 1.165) is 0 Å². The van der Waals surface area contributed by atoms with Crippen LogP contribution in [0.25, 0.3) is 0 Å². The van der Waals surface area contributed by atoms with E-state index in [-0.39, 0.29) is 24.8 Å². The lowest BCUT2D eigenvalue weighted by atomic mass is 10.0. The Balaban J connectivity index is 1.65. The van der Waals surface area contributed by atoms with Gasteiger partial charge in [-0.1, -0.05) is 0 Å². The molecule has 0 fully saturated rings. The predicted octanol–water partition coefficient (Wildman–Crippen LogP) is 1.95. The average molecular weight is 348 g/mol. The second kappa shape index (κ2) is 8.43. The standard InChI is InChI=1S/C18H21FN2O4/c1-18(24,15-4-3-11-25-15)12-21-16(22)5-2-10-20-17(23)13-6-8-14(19)9-7-13/h3-4,6-9,11,24H,2,5,10,12H2,1H3,(H,20,23)(H,21,22). The van der Waals surface area contributed by atoms with E-state index in [0.29, 0.717) is 24.3 Å². The zero-order chi connectivity index (χ0) is 18.3. The summed E-state index contributed by atoms with van der Waals surface area (Å²) in [6.45, 7) is 1.90. The molecule has 0 radical (unpaired) electrons. The summed E-state index contributed by atoms with van der Waals surface area (Å²) in [5.74, 6) is -0.581. The van der Waals surface area contributed by atoms with Crippen LogP contribution in [-0.4, -0.2) is 30.0 Å². The number of aliphatic hydroxyl groups is 1. The van der Waals surface area contributed by atoms with Crippen LogP contribution in [0.1, 0.15) is 35.9 Å². The monoisotopic (exact) mass is 348 g/mol. The van der Waals surface area contributed by atoms with Gasteiger partial charge < -0.3 is 20.2 Å². The van der Waals surface area contributed by atoms with Crippen LogP contribution in [0.15, 0.2) is 47.1 Å². The highest BCUT2D eigenvalue weighted by atomic mass is 19.1. The number of furan rings is 1. The number of hydrogen-bond acceptors (Lipinski definition) is 4. The predicted molar refractivity (Wildman–Crippen MR) is 89.3 cm³/mol. The Morgan fingerprint density at radius 2 is 1.92 bits per heavy atom. The Morgan fingerprint density at radius 1 is 1.20 bits per heavy atom. The van der Waals surface area contributed by atoms with Crippen molar-refractivity contribution in [2.75, 3.05) is 13.1 Å². The molecule has 0 aliphatic heterocycles. The molecule has 0 saturated carbocycles. The fraction of sp³-hybridized carbons (Fsp3) is 0.333. The summed E-state index contributed by atoms with van der Waals surface area (Å²) in [6.07, 6.45) is 2.11. The lowest BCUT2D eigenvalue weighted by Crippen LogP contribution is -2.38. The van der Waals surface area contributed by atoms with E-state index in [1.165, 1.54) is 30.5 Å². The Labute approximate surface area is 145 Å². The summed E-state index contributed by atoms with van der Waals surface area (Å²) in [5, 5.41) is 15.5. The van der Waals surface area contributed by atoms with Crippen molar-refractivity contribution >= 4 is 11.8 Å². The molecule has 0 aliphatic carbocycles. The molecule has 2 aromatic rings. The molecule has 6 nitrogen and oxygen atoms in total. The summed E-state index contributed by atoms with van der Waals surface area (Å²) < 4.78 is 17.9. The molecular formula is C18H21FN2O4. The maximum atomic E-state index is 12.8. The number of benzene rings is 1. The third-order valence-corrected chi connectivity index (χ3v) is 3.65. The van der Waals surface area contributed by atoms with Gasteiger partial charge in [0.1, 0.15) is 17.2 Å². The van der Waals surface area contributed by atoms with E-state index in [1.807, 2.05) is 0 Å². The van der Waals surface area contributed by atoms with E-state index in [4.69, 9.17) is 4.42 Å². The first-order valence-electron chi connectivity index (χ1n) is 7.95. The minimum Gasteiger partial charge on any atom is -0.466 e. The number of carbonyl (C=O) groups is 2. The summed E-state index contributed by atoms with van der Waals surface area (Å²) in [4.78, 5) is 23.6. The number of nitrogens with one attached hydrogen (secondary N) is 2. The quantitative estimate of drug-likeness (QED) is 0.636. The van der Waals surface area contributed by atoms with Crippen molar-refractivity contribution in [3.8, 4) is 0 Å². The molecule has 25 heavy (non-hydrogen) atoms. The first-order chi connectivity index (χ1) is 11.9. The minimum atomic E-state index is -1.28. The average Bonchev–Trinajstić information content (AvgIpc) is 3.13. The van der Waals surface area contributed by atoms with E-state index in [2.05, 4.69) is 10.6 Å². The zero-order valence-corrected chi connectivity index (χ0v) is 13.9. The zero-order valence-electron chi connectivity index (χ0n) is 13.9. The van der Waals surface area contributed by atoms with E-state index in [1.54, 1.807) is 19.1 Å². The molecule has 1 aromatic heterocycles. The Morgan fingerprint density at radius 3 is 2.56 bits per heavy atom. The fourth-order valence-electron chi connectivity index (χ4n) is 2.19. The molecule has 134 valence electrons. The van der Waals surface area contributed by atoms with Crippen molar-refractivity contribution in [2.45, 2.75) is 25.4 Å². The molecule has 0 bridgehead atoms. The van der Waals surface area contributed by atoms with Gasteiger partial charge >= 0.3 is 0 Å². The highest BCUT2D eigenvalue weighted by Crippen LogP contribution is 2.19. The molecule has 1 heterocycles. The highest BCUT2D eigenvalue weighted by molar-refractivity contribution is 5.94. The molecule has 3 N–H and O–H groups in total. The van der Waals surface area contributed by atoms with Crippen LogP contribution in [0, 0.1) is 5.82 Å². The minimum absolute atomic E-state index is 0.0291. The molecule has 1 aromatic carbocycles. The molecule has 2 rings (SSSR count). The van der Waals surface area contributed by atoms with Crippen molar-refractivity contribution in [1.29, 1.82) is 0 Å². The van der Waals surface area contributed by atoms with Crippen LogP contribution in [0.5, 0.6) is 0 Å². The van der Waals surface area contributed by atoms with Crippen LogP contribution in [0.2, 0.25) is 0 Å². The SMILES string of the molecule is CC(O)(CNC(=O)CCCNC(=O)c1ccc(F)cc1)c1ccco1. The topological polar surface area (TPSA) is 91.6 Å². The first kappa shape index (κ1) is 18.7. The summed E-state index contributed by atoms with van der Waals surface area (Å²) in [7, 11) is 0. The normalized spacial score (nSPS) is 13.1. The van der Waals surface area contributed by atoms with Gasteiger partial charge in [-0.2, -0.15) is 0 Å². The molecule has 2 amide bonds. The lowest BCUT2D eigenvalue weighted by Gasteiger charge is -2.21. The van der Waals surface area contributed by atoms with E-state index in [9.17, 15) is 19.1 Å². The number of amides is 2. The fourth-order valence-corrected chi connectivity index (χ4v) is 2.19. The Kier molecular flexibility index (Phi) is 6.30. The largest absolute Gasteiger partial charge is 0.466 e. The maximum absolute atomic E-state index is 12.8. The van der Waals surface area contributed by atoms with Crippen molar-refractivity contribution in [3.63, 3.8) is 0 Å². The van der Waals surface area contributed by atoms with Gasteiger partial charge in [-0.05, 0) is 49.7 Å². The van der Waals surface area contributed by atoms with Crippen LogP contribution in [0.4, 0.5) is 4.39 Å². The van der Waals surface area contributed by atoms with Gasteiger partial charge in [0.05, 0.1) is 12.8 Å². The molecule has 7 heteroatoms. The summed E-state index contributed by atoms with van der Waals surface area (Å²) in [6, 6.07) is 8.52. The third kappa shape index (κ3) is 5.72. The van der Waals surface area contributed by atoms with Gasteiger partial charge in [0.25, 0.3) is 5.91 Å². The third-order valence-electron chi connectivity index (χ3n) is 3.65. The van der Waals surface area contributed by atoms with Gasteiger partial charge in [-0.25, -0.2) is 4.39 Å². The molecule has 0 spiro atoms. The van der Waals surface area contributed by atoms with Crippen LogP contribution in [0.3, 0.4) is 0 Å². The summed E-state index contributed by atoms with van der Waals surface area (Å²) >= 11 is 0. The number of carbonyl (C=O) groups excluding carboxylic acids is 2. The van der Waals surface area contributed by atoms with Crippen LogP contribution >= 0.6 is 0 Å². The van der Waals surface area contributed by atoms with E-state index >= 15 is 0 Å². The lowest BCUT2D eigenvalue weighted by molar-refractivity contribution is -0.122. The second-order valence-electron chi connectivity index (χ2n) is 5.89. The number of rotatable bonds is 8. The van der Waals surface area contributed by atoms with Gasteiger partial charge in [0, 0.05) is 18.5 Å². The van der Waals surface area contributed by atoms with Gasteiger partial charge in [-0.3, -0.25) is 9.59 Å². The molecule has 0 saturated heterocycles. The van der Waals surface area contributed by atoms with Gasteiger partial charge in [-0.15, -0.1) is 0 Å². The Hall–Kier alpha value is -2.67. The maximum Gasteiger partial charge on any atom is 0.251 e. The van der Waals surface area contributed by atoms with Crippen molar-refractivity contribution in [2.24, 2.45) is 0 Å². The van der Waals surface area contributed by atoms with Gasteiger partial charge in [0.2, 0.25) is 5.91 Å². The van der Waals surface area contributed by atoms with E-state index < -0.39 is 11.4 Å². The molecule has 0 aliphatic rings. The van der Waals surface area contributed by atoms with Crippen molar-refractivity contribution in [3.05, 3.63) is 59.8 Å². The molecule has 1 unspecified atom stereocenters. The summed E-state index contributed by atoms with van der Waals surface area (Å²) in [5.41, 5.74) is -0.920. The van der Waals surface area contributed by atoms with Crippen molar-refractivity contribution in [1.82, 2.24) is 10.6 Å². The Bertz CT molecular complexity index is 696. The highest BCUT2D eigenvalue weighted by Gasteiger charge is 2.26. The number of halogens is 1. The molecular weight excluding hydrogens is 327 g/mol.